The van der Waals surface area contributed by atoms with Crippen LogP contribution in [0.3, 0.4) is 0 Å². The largest absolute Gasteiger partial charge is 0.462 e. The first-order valence-electron chi connectivity index (χ1n) is 7.46. The van der Waals surface area contributed by atoms with Gasteiger partial charge in [0, 0.05) is 13.1 Å². The van der Waals surface area contributed by atoms with Crippen LogP contribution in [-0.2, 0) is 27.2 Å². The summed E-state index contributed by atoms with van der Waals surface area (Å²) in [4.78, 5) is 25.4. The molecular weight excluding hydrogens is 288 g/mol. The molecule has 1 aromatic rings. The van der Waals surface area contributed by atoms with Crippen LogP contribution in [0, 0.1) is 0 Å². The normalized spacial score (nSPS) is 15.2. The average molecular weight is 310 g/mol. The van der Waals surface area contributed by atoms with Crippen molar-refractivity contribution in [2.45, 2.75) is 26.8 Å². The molecule has 0 radical (unpaired) electrons. The lowest BCUT2D eigenvalue weighted by Crippen LogP contribution is -2.43. The highest BCUT2D eigenvalue weighted by molar-refractivity contribution is 5.95. The number of hydrogen-bond donors (Lipinski definition) is 1. The number of amides is 1. The number of carbonyl (C=O) groups is 2. The minimum atomic E-state index is -0.453. The van der Waals surface area contributed by atoms with Crippen molar-refractivity contribution in [1.29, 1.82) is 0 Å². The van der Waals surface area contributed by atoms with E-state index in [4.69, 9.17) is 15.2 Å². The highest BCUT2D eigenvalue weighted by atomic mass is 16.5. The number of carbonyl (C=O) groups excluding carboxylic acids is 2. The second kappa shape index (κ2) is 7.26. The van der Waals surface area contributed by atoms with E-state index in [-0.39, 0.29) is 24.9 Å². The van der Waals surface area contributed by atoms with Crippen LogP contribution >= 0.6 is 0 Å². The molecule has 0 spiro atoms. The second-order valence-electron chi connectivity index (χ2n) is 4.94. The predicted molar refractivity (Wildman–Crippen MR) is 79.4 cm³/mol. The Kier molecular flexibility index (Phi) is 5.37. The SMILES string of the molecule is CCOC(=O)c1c(CC)nn(CCN2CCOCC2=O)c1N. The summed E-state index contributed by atoms with van der Waals surface area (Å²) >= 11 is 0. The molecule has 1 fully saturated rings. The van der Waals surface area contributed by atoms with Crippen LogP contribution in [0.25, 0.3) is 0 Å². The van der Waals surface area contributed by atoms with Crippen molar-refractivity contribution in [3.05, 3.63) is 11.3 Å². The molecular formula is C14H22N4O4. The average Bonchev–Trinajstić information content (AvgIpc) is 2.83. The number of aromatic nitrogens is 2. The lowest BCUT2D eigenvalue weighted by atomic mass is 10.2. The van der Waals surface area contributed by atoms with Gasteiger partial charge < -0.3 is 20.1 Å². The number of esters is 1. The van der Waals surface area contributed by atoms with Crippen LogP contribution in [0.4, 0.5) is 5.82 Å². The molecule has 1 amide bonds. The van der Waals surface area contributed by atoms with Crippen molar-refractivity contribution in [3.63, 3.8) is 0 Å². The maximum atomic E-state index is 12.0. The molecule has 1 saturated heterocycles. The van der Waals surface area contributed by atoms with Crippen molar-refractivity contribution in [2.24, 2.45) is 0 Å². The third-order valence-corrected chi connectivity index (χ3v) is 3.54. The monoisotopic (exact) mass is 310 g/mol. The van der Waals surface area contributed by atoms with E-state index in [9.17, 15) is 9.59 Å². The Morgan fingerprint density at radius 3 is 2.82 bits per heavy atom. The number of anilines is 1. The molecule has 8 heteroatoms. The highest BCUT2D eigenvalue weighted by Crippen LogP contribution is 2.19. The smallest absolute Gasteiger partial charge is 0.343 e. The molecule has 0 unspecified atom stereocenters. The quantitative estimate of drug-likeness (QED) is 0.746. The van der Waals surface area contributed by atoms with E-state index >= 15 is 0 Å². The van der Waals surface area contributed by atoms with Crippen molar-refractivity contribution < 1.29 is 19.1 Å². The number of ether oxygens (including phenoxy) is 2. The molecule has 0 atom stereocenters. The first kappa shape index (κ1) is 16.3. The fourth-order valence-corrected chi connectivity index (χ4v) is 2.37. The molecule has 2 N–H and O–H groups in total. The van der Waals surface area contributed by atoms with Crippen LogP contribution in [-0.4, -0.2) is 59.5 Å². The molecule has 122 valence electrons. The standard InChI is InChI=1S/C14H22N4O4/c1-3-10-12(14(20)22-4-2)13(15)18(16-10)6-5-17-7-8-21-9-11(17)19/h3-9,15H2,1-2H3. The summed E-state index contributed by atoms with van der Waals surface area (Å²) in [6.07, 6.45) is 0.585. The minimum absolute atomic E-state index is 0.0432. The van der Waals surface area contributed by atoms with Crippen LogP contribution in [0.1, 0.15) is 29.9 Å². The Morgan fingerprint density at radius 2 is 2.18 bits per heavy atom. The molecule has 0 aromatic carbocycles. The molecule has 1 aromatic heterocycles. The van der Waals surface area contributed by atoms with Crippen molar-refractivity contribution in [2.75, 3.05) is 38.6 Å². The van der Waals surface area contributed by atoms with Gasteiger partial charge in [0.25, 0.3) is 0 Å². The molecule has 0 saturated carbocycles. The Hall–Kier alpha value is -2.09. The summed E-state index contributed by atoms with van der Waals surface area (Å²) in [5.74, 6) is -0.208. The Labute approximate surface area is 129 Å². The summed E-state index contributed by atoms with van der Waals surface area (Å²) < 4.78 is 11.7. The third-order valence-electron chi connectivity index (χ3n) is 3.54. The lowest BCUT2D eigenvalue weighted by Gasteiger charge is -2.26. The minimum Gasteiger partial charge on any atom is -0.462 e. The van der Waals surface area contributed by atoms with Gasteiger partial charge in [0.2, 0.25) is 5.91 Å². The zero-order chi connectivity index (χ0) is 16.1. The van der Waals surface area contributed by atoms with Crippen molar-refractivity contribution in [3.8, 4) is 0 Å². The van der Waals surface area contributed by atoms with Crippen LogP contribution in [0.5, 0.6) is 0 Å². The number of nitrogen functional groups attached to an aromatic ring is 1. The van der Waals surface area contributed by atoms with Gasteiger partial charge in [-0.05, 0) is 13.3 Å². The van der Waals surface area contributed by atoms with E-state index in [1.807, 2.05) is 6.92 Å². The number of morpholine rings is 1. The van der Waals surface area contributed by atoms with Gasteiger partial charge in [-0.2, -0.15) is 5.10 Å². The molecule has 22 heavy (non-hydrogen) atoms. The Bertz CT molecular complexity index is 555. The van der Waals surface area contributed by atoms with Crippen molar-refractivity contribution in [1.82, 2.24) is 14.7 Å². The van der Waals surface area contributed by atoms with Gasteiger partial charge in [-0.3, -0.25) is 4.79 Å². The summed E-state index contributed by atoms with van der Waals surface area (Å²) in [6.45, 7) is 6.07. The Morgan fingerprint density at radius 1 is 1.41 bits per heavy atom. The van der Waals surface area contributed by atoms with E-state index in [0.717, 1.165) is 0 Å². The fraction of sp³-hybridized carbons (Fsp3) is 0.643. The summed E-state index contributed by atoms with van der Waals surface area (Å²) in [5.41, 5.74) is 6.98. The molecule has 8 nitrogen and oxygen atoms in total. The van der Waals surface area contributed by atoms with E-state index in [1.54, 1.807) is 16.5 Å². The first-order chi connectivity index (χ1) is 10.6. The van der Waals surface area contributed by atoms with E-state index < -0.39 is 5.97 Å². The van der Waals surface area contributed by atoms with Gasteiger partial charge in [0.05, 0.1) is 25.5 Å². The van der Waals surface area contributed by atoms with Gasteiger partial charge >= 0.3 is 5.97 Å². The Balaban J connectivity index is 2.11. The number of rotatable bonds is 6. The van der Waals surface area contributed by atoms with E-state index in [1.165, 1.54) is 0 Å². The van der Waals surface area contributed by atoms with Gasteiger partial charge in [0.15, 0.2) is 0 Å². The van der Waals surface area contributed by atoms with Gasteiger partial charge in [-0.1, -0.05) is 6.92 Å². The predicted octanol–water partition coefficient (Wildman–Crippen LogP) is 0.0632. The van der Waals surface area contributed by atoms with Gasteiger partial charge in [0.1, 0.15) is 18.0 Å². The molecule has 0 aliphatic carbocycles. The number of hydrogen-bond acceptors (Lipinski definition) is 6. The van der Waals surface area contributed by atoms with Crippen LogP contribution in [0.2, 0.25) is 0 Å². The number of nitrogens with zero attached hydrogens (tertiary/aromatic N) is 3. The topological polar surface area (TPSA) is 99.7 Å². The van der Waals surface area contributed by atoms with E-state index in [0.29, 0.717) is 43.9 Å². The maximum Gasteiger partial charge on any atom is 0.343 e. The number of nitrogens with two attached hydrogens (primary N) is 1. The van der Waals surface area contributed by atoms with Gasteiger partial charge in [-0.25, -0.2) is 9.48 Å². The van der Waals surface area contributed by atoms with E-state index in [2.05, 4.69) is 5.10 Å². The highest BCUT2D eigenvalue weighted by Gasteiger charge is 2.23. The summed E-state index contributed by atoms with van der Waals surface area (Å²) in [6, 6.07) is 0. The zero-order valence-corrected chi connectivity index (χ0v) is 13.0. The van der Waals surface area contributed by atoms with Crippen LogP contribution in [0.15, 0.2) is 0 Å². The number of aryl methyl sites for hydroxylation is 1. The lowest BCUT2D eigenvalue weighted by molar-refractivity contribution is -0.142. The third kappa shape index (κ3) is 3.38. The zero-order valence-electron chi connectivity index (χ0n) is 13.0. The molecule has 0 bridgehead atoms. The van der Waals surface area contributed by atoms with Crippen molar-refractivity contribution >= 4 is 17.7 Å². The van der Waals surface area contributed by atoms with Gasteiger partial charge in [-0.15, -0.1) is 0 Å². The molecule has 1 aliphatic heterocycles. The molecule has 2 heterocycles. The maximum absolute atomic E-state index is 12.0. The molecule has 1 aliphatic rings. The first-order valence-corrected chi connectivity index (χ1v) is 7.46. The fourth-order valence-electron chi connectivity index (χ4n) is 2.37. The van der Waals surface area contributed by atoms with Crippen LogP contribution < -0.4 is 5.73 Å². The molecule has 2 rings (SSSR count). The second-order valence-corrected chi connectivity index (χ2v) is 4.94. The summed E-state index contributed by atoms with van der Waals surface area (Å²) in [7, 11) is 0. The summed E-state index contributed by atoms with van der Waals surface area (Å²) in [5, 5.41) is 4.36.